The highest BCUT2D eigenvalue weighted by atomic mass is 35.5. The van der Waals surface area contributed by atoms with Gasteiger partial charge in [-0.05, 0) is 31.5 Å². The maximum atomic E-state index is 12.7. The molecule has 0 aromatic carbocycles. The van der Waals surface area contributed by atoms with Crippen molar-refractivity contribution in [3.63, 3.8) is 0 Å². The quantitative estimate of drug-likeness (QED) is 0.716. The molecular formula is C10H11ClF3N. The molecular weight excluding hydrogens is 227 g/mol. The van der Waals surface area contributed by atoms with Gasteiger partial charge in [0.25, 0.3) is 0 Å². The van der Waals surface area contributed by atoms with Gasteiger partial charge >= 0.3 is 6.18 Å². The van der Waals surface area contributed by atoms with Crippen LogP contribution in [0.3, 0.4) is 0 Å². The lowest BCUT2D eigenvalue weighted by Crippen LogP contribution is -2.37. The maximum absolute atomic E-state index is 12.7. The molecule has 0 spiro atoms. The average molecular weight is 238 g/mol. The van der Waals surface area contributed by atoms with Crippen molar-refractivity contribution in [2.75, 3.05) is 0 Å². The predicted molar refractivity (Wildman–Crippen MR) is 52.9 cm³/mol. The first kappa shape index (κ1) is 12.3. The molecule has 0 bridgehead atoms. The lowest BCUT2D eigenvalue weighted by atomic mass is 9.87. The number of alkyl halides is 4. The molecule has 15 heavy (non-hydrogen) atoms. The van der Waals surface area contributed by atoms with Gasteiger partial charge in [0.15, 0.2) is 0 Å². The van der Waals surface area contributed by atoms with Gasteiger partial charge in [0, 0.05) is 12.1 Å². The minimum Gasteiger partial charge on any atom is -0.260 e. The van der Waals surface area contributed by atoms with Crippen LogP contribution < -0.4 is 0 Å². The van der Waals surface area contributed by atoms with Crippen LogP contribution in [-0.4, -0.2) is 11.2 Å². The van der Waals surface area contributed by atoms with E-state index < -0.39 is 11.6 Å². The maximum Gasteiger partial charge on any atom is 0.399 e. The summed E-state index contributed by atoms with van der Waals surface area (Å²) in [6.07, 6.45) is -2.97. The second-order valence-electron chi connectivity index (χ2n) is 3.81. The van der Waals surface area contributed by atoms with Crippen molar-refractivity contribution < 1.29 is 13.2 Å². The van der Waals surface area contributed by atoms with E-state index in [9.17, 15) is 13.2 Å². The Morgan fingerprint density at radius 1 is 1.33 bits per heavy atom. The number of halogens is 4. The van der Waals surface area contributed by atoms with Gasteiger partial charge in [-0.3, -0.25) is 4.98 Å². The third-order valence-electron chi connectivity index (χ3n) is 2.33. The lowest BCUT2D eigenvalue weighted by molar-refractivity contribution is -0.181. The fraction of sp³-hybridized carbons (Fsp3) is 0.500. The third-order valence-corrected chi connectivity index (χ3v) is 2.64. The fourth-order valence-electron chi connectivity index (χ4n) is 1.04. The Kier molecular flexibility index (Phi) is 3.28. The zero-order valence-corrected chi connectivity index (χ0v) is 9.15. The van der Waals surface area contributed by atoms with Crippen molar-refractivity contribution in [2.45, 2.75) is 31.3 Å². The summed E-state index contributed by atoms with van der Waals surface area (Å²) in [5.41, 5.74) is -1.32. The molecule has 0 saturated carbocycles. The van der Waals surface area contributed by atoms with Gasteiger partial charge in [0.2, 0.25) is 0 Å². The van der Waals surface area contributed by atoms with Crippen LogP contribution >= 0.6 is 11.6 Å². The zero-order chi connectivity index (χ0) is 11.7. The van der Waals surface area contributed by atoms with Crippen LogP contribution in [0.25, 0.3) is 0 Å². The average Bonchev–Trinajstić information content (AvgIpc) is 2.16. The number of hydrogen-bond acceptors (Lipinski definition) is 1. The second kappa shape index (κ2) is 4.00. The Hall–Kier alpha value is -0.770. The molecule has 1 heterocycles. The highest BCUT2D eigenvalue weighted by Crippen LogP contribution is 2.39. The first-order chi connectivity index (χ1) is 6.79. The number of rotatable bonds is 2. The van der Waals surface area contributed by atoms with E-state index >= 15 is 0 Å². The van der Waals surface area contributed by atoms with Crippen LogP contribution in [0.1, 0.15) is 25.1 Å². The standard InChI is InChI=1S/C10H11ClF3N/c1-9(2,10(12,13)14)8-5-7(6-11)3-4-15-8/h3-5H,6H2,1-2H3. The molecule has 0 radical (unpaired) electrons. The summed E-state index contributed by atoms with van der Waals surface area (Å²) >= 11 is 5.55. The molecule has 0 amide bonds. The van der Waals surface area contributed by atoms with Crippen LogP contribution in [0.4, 0.5) is 13.2 Å². The van der Waals surface area contributed by atoms with Crippen molar-refractivity contribution in [3.05, 3.63) is 29.6 Å². The minimum absolute atomic E-state index is 0.00634. The summed E-state index contributed by atoms with van der Waals surface area (Å²) < 4.78 is 38.0. The molecule has 1 aromatic rings. The minimum atomic E-state index is -4.31. The Morgan fingerprint density at radius 2 is 1.93 bits per heavy atom. The van der Waals surface area contributed by atoms with E-state index in [2.05, 4.69) is 4.98 Å². The van der Waals surface area contributed by atoms with Gasteiger partial charge < -0.3 is 0 Å². The van der Waals surface area contributed by atoms with Crippen LogP contribution in [0.2, 0.25) is 0 Å². The largest absolute Gasteiger partial charge is 0.399 e. The van der Waals surface area contributed by atoms with Crippen molar-refractivity contribution in [1.29, 1.82) is 0 Å². The molecule has 84 valence electrons. The first-order valence-corrected chi connectivity index (χ1v) is 4.90. The molecule has 0 aliphatic carbocycles. The van der Waals surface area contributed by atoms with E-state index in [0.717, 1.165) is 13.8 Å². The second-order valence-corrected chi connectivity index (χ2v) is 4.07. The van der Waals surface area contributed by atoms with Crippen LogP contribution in [0.5, 0.6) is 0 Å². The number of aromatic nitrogens is 1. The molecule has 0 aliphatic heterocycles. The molecule has 0 saturated heterocycles. The Bertz CT molecular complexity index is 347. The fourth-order valence-corrected chi connectivity index (χ4v) is 1.21. The molecule has 0 N–H and O–H groups in total. The normalized spacial score (nSPS) is 12.9. The number of hydrogen-bond donors (Lipinski definition) is 0. The highest BCUT2D eigenvalue weighted by Gasteiger charge is 2.49. The smallest absolute Gasteiger partial charge is 0.260 e. The zero-order valence-electron chi connectivity index (χ0n) is 8.40. The van der Waals surface area contributed by atoms with Gasteiger partial charge in [-0.2, -0.15) is 13.2 Å². The third kappa shape index (κ3) is 2.43. The van der Waals surface area contributed by atoms with Gasteiger partial charge in [-0.1, -0.05) is 0 Å². The van der Waals surface area contributed by atoms with Crippen LogP contribution in [-0.2, 0) is 11.3 Å². The summed E-state index contributed by atoms with van der Waals surface area (Å²) in [4.78, 5) is 3.75. The first-order valence-electron chi connectivity index (χ1n) is 4.37. The van der Waals surface area contributed by atoms with E-state index in [1.54, 1.807) is 6.07 Å². The van der Waals surface area contributed by atoms with E-state index in [0.29, 0.717) is 5.56 Å². The van der Waals surface area contributed by atoms with Gasteiger partial charge in [0.1, 0.15) is 5.41 Å². The summed E-state index contributed by atoms with van der Waals surface area (Å²) in [5, 5.41) is 0. The molecule has 1 rings (SSSR count). The number of pyridine rings is 1. The van der Waals surface area contributed by atoms with Crippen LogP contribution in [0, 0.1) is 0 Å². The van der Waals surface area contributed by atoms with Crippen molar-refractivity contribution in [2.24, 2.45) is 0 Å². The summed E-state index contributed by atoms with van der Waals surface area (Å²) in [5.74, 6) is 0.184. The van der Waals surface area contributed by atoms with Gasteiger partial charge in [0.05, 0.1) is 5.69 Å². The lowest BCUT2D eigenvalue weighted by Gasteiger charge is -2.27. The summed E-state index contributed by atoms with van der Waals surface area (Å²) in [7, 11) is 0. The Morgan fingerprint density at radius 3 is 2.40 bits per heavy atom. The molecule has 1 nitrogen and oxygen atoms in total. The molecule has 0 unspecified atom stereocenters. The summed E-state index contributed by atoms with van der Waals surface area (Å²) in [6.45, 7) is 2.21. The molecule has 0 fully saturated rings. The van der Waals surface area contributed by atoms with Gasteiger partial charge in [-0.25, -0.2) is 0 Å². The highest BCUT2D eigenvalue weighted by molar-refractivity contribution is 6.17. The summed E-state index contributed by atoms with van der Waals surface area (Å²) in [6, 6.07) is 2.99. The molecule has 0 aliphatic rings. The van der Waals surface area contributed by atoms with E-state index in [1.807, 2.05) is 0 Å². The van der Waals surface area contributed by atoms with E-state index in [4.69, 9.17) is 11.6 Å². The van der Waals surface area contributed by atoms with Crippen molar-refractivity contribution >= 4 is 11.6 Å². The van der Waals surface area contributed by atoms with Gasteiger partial charge in [-0.15, -0.1) is 11.6 Å². The monoisotopic (exact) mass is 237 g/mol. The Labute approximate surface area is 91.3 Å². The topological polar surface area (TPSA) is 12.9 Å². The SMILES string of the molecule is CC(C)(c1cc(CCl)ccn1)C(F)(F)F. The van der Waals surface area contributed by atoms with E-state index in [-0.39, 0.29) is 11.6 Å². The van der Waals surface area contributed by atoms with Crippen molar-refractivity contribution in [3.8, 4) is 0 Å². The van der Waals surface area contributed by atoms with Crippen molar-refractivity contribution in [1.82, 2.24) is 4.98 Å². The molecule has 1 aromatic heterocycles. The number of nitrogens with zero attached hydrogens (tertiary/aromatic N) is 1. The predicted octanol–water partition coefficient (Wildman–Crippen LogP) is 3.66. The molecule has 0 atom stereocenters. The molecule has 5 heteroatoms. The van der Waals surface area contributed by atoms with E-state index in [1.165, 1.54) is 12.3 Å². The Balaban J connectivity index is 3.15. The van der Waals surface area contributed by atoms with Crippen LogP contribution in [0.15, 0.2) is 18.3 Å².